The van der Waals surface area contributed by atoms with Crippen LogP contribution < -0.4 is 9.80 Å². The van der Waals surface area contributed by atoms with Gasteiger partial charge in [0.05, 0.1) is 11.4 Å². The summed E-state index contributed by atoms with van der Waals surface area (Å²) in [5.74, 6) is 1.50. The lowest BCUT2D eigenvalue weighted by Gasteiger charge is -2.22. The molecule has 0 bridgehead atoms. The van der Waals surface area contributed by atoms with E-state index in [1.165, 1.54) is 5.69 Å². The minimum Gasteiger partial charge on any atom is -0.506 e. The quantitative estimate of drug-likeness (QED) is 0.357. The lowest BCUT2D eigenvalue weighted by Crippen LogP contribution is -2.23. The Morgan fingerprint density at radius 1 is 0.676 bits per heavy atom. The summed E-state index contributed by atoms with van der Waals surface area (Å²) in [4.78, 5) is 9.31. The summed E-state index contributed by atoms with van der Waals surface area (Å²) in [7, 11) is 0. The molecule has 0 spiro atoms. The number of nitrogens with zero attached hydrogens (tertiary/aromatic N) is 5. The third-order valence-electron chi connectivity index (χ3n) is 6.11. The Kier molecular flexibility index (Phi) is 4.77. The molecule has 1 N–H and O–H groups in total. The number of aromatic nitrogens is 3. The van der Waals surface area contributed by atoms with Gasteiger partial charge in [-0.25, -0.2) is 9.67 Å². The van der Waals surface area contributed by atoms with Crippen LogP contribution in [-0.4, -0.2) is 26.5 Å². The molecule has 166 valence electrons. The fourth-order valence-corrected chi connectivity index (χ4v) is 4.46. The maximum Gasteiger partial charge on any atom is 0.181 e. The molecule has 6 rings (SSSR count). The molecule has 5 aromatic rings. The number of aryl methyl sites for hydroxylation is 1. The molecule has 0 unspecified atom stereocenters. The van der Waals surface area contributed by atoms with Gasteiger partial charge in [-0.05, 0) is 55.5 Å². The van der Waals surface area contributed by atoms with Crippen molar-refractivity contribution in [2.45, 2.75) is 6.92 Å². The van der Waals surface area contributed by atoms with Crippen molar-refractivity contribution in [1.82, 2.24) is 14.8 Å². The topological polar surface area (TPSA) is 57.4 Å². The number of fused-ring (bicyclic) bond motifs is 1. The van der Waals surface area contributed by atoms with Gasteiger partial charge in [0.25, 0.3) is 0 Å². The molecule has 0 saturated heterocycles. The average molecular weight is 446 g/mol. The van der Waals surface area contributed by atoms with E-state index in [0.717, 1.165) is 22.6 Å². The molecular weight excluding hydrogens is 422 g/mol. The van der Waals surface area contributed by atoms with Crippen LogP contribution in [0.5, 0.6) is 5.75 Å². The molecule has 4 aromatic carbocycles. The van der Waals surface area contributed by atoms with Crippen molar-refractivity contribution in [3.8, 4) is 22.8 Å². The SMILES string of the molecule is Cc1nc(-c2cccc(N3CN(c4ccccc4)c4ccccc43)c2)nn1-c1ccccc1O. The van der Waals surface area contributed by atoms with Crippen molar-refractivity contribution in [2.24, 2.45) is 0 Å². The number of benzene rings is 4. The number of anilines is 4. The Balaban J connectivity index is 1.38. The van der Waals surface area contributed by atoms with Crippen LogP contribution in [0.1, 0.15) is 5.82 Å². The minimum atomic E-state index is 0.172. The zero-order valence-corrected chi connectivity index (χ0v) is 18.7. The summed E-state index contributed by atoms with van der Waals surface area (Å²) in [6.45, 7) is 2.60. The second-order valence-corrected chi connectivity index (χ2v) is 8.26. The Morgan fingerprint density at radius 2 is 1.29 bits per heavy atom. The van der Waals surface area contributed by atoms with E-state index < -0.39 is 0 Å². The summed E-state index contributed by atoms with van der Waals surface area (Å²) in [6.07, 6.45) is 0. The molecule has 6 nitrogen and oxygen atoms in total. The molecule has 0 saturated carbocycles. The van der Waals surface area contributed by atoms with E-state index in [9.17, 15) is 5.11 Å². The van der Waals surface area contributed by atoms with Gasteiger partial charge in [-0.2, -0.15) is 0 Å². The molecule has 1 aliphatic heterocycles. The summed E-state index contributed by atoms with van der Waals surface area (Å²) in [5, 5.41) is 15.0. The highest BCUT2D eigenvalue weighted by molar-refractivity contribution is 5.87. The summed E-state index contributed by atoms with van der Waals surface area (Å²) < 4.78 is 1.68. The highest BCUT2D eigenvalue weighted by Crippen LogP contribution is 2.44. The molecule has 0 aliphatic carbocycles. The van der Waals surface area contributed by atoms with Gasteiger partial charge in [-0.15, -0.1) is 5.10 Å². The number of phenols is 1. The first kappa shape index (κ1) is 20.1. The molecule has 6 heteroatoms. The highest BCUT2D eigenvalue weighted by atomic mass is 16.3. The summed E-state index contributed by atoms with van der Waals surface area (Å²) >= 11 is 0. The highest BCUT2D eigenvalue weighted by Gasteiger charge is 2.27. The van der Waals surface area contributed by atoms with E-state index in [4.69, 9.17) is 5.10 Å². The second-order valence-electron chi connectivity index (χ2n) is 8.26. The third kappa shape index (κ3) is 3.36. The molecule has 34 heavy (non-hydrogen) atoms. The molecule has 2 heterocycles. The number of hydrogen-bond acceptors (Lipinski definition) is 5. The van der Waals surface area contributed by atoms with Gasteiger partial charge < -0.3 is 14.9 Å². The van der Waals surface area contributed by atoms with Crippen LogP contribution in [0.3, 0.4) is 0 Å². The zero-order valence-electron chi connectivity index (χ0n) is 18.7. The number of rotatable bonds is 4. The van der Waals surface area contributed by atoms with Crippen LogP contribution in [0, 0.1) is 6.92 Å². The first-order valence-corrected chi connectivity index (χ1v) is 11.2. The number of hydrogen-bond donors (Lipinski definition) is 1. The van der Waals surface area contributed by atoms with Crippen molar-refractivity contribution in [3.05, 3.63) is 109 Å². The van der Waals surface area contributed by atoms with Crippen molar-refractivity contribution in [3.63, 3.8) is 0 Å². The van der Waals surface area contributed by atoms with Crippen molar-refractivity contribution in [2.75, 3.05) is 16.5 Å². The van der Waals surface area contributed by atoms with Gasteiger partial charge >= 0.3 is 0 Å². The normalized spacial score (nSPS) is 12.7. The van der Waals surface area contributed by atoms with Gasteiger partial charge in [0.15, 0.2) is 5.82 Å². The lowest BCUT2D eigenvalue weighted by molar-refractivity contribution is 0.470. The van der Waals surface area contributed by atoms with Gasteiger partial charge in [0, 0.05) is 16.9 Å². The number of phenolic OH excluding ortho intramolecular Hbond substituents is 1. The van der Waals surface area contributed by atoms with E-state index in [-0.39, 0.29) is 5.75 Å². The van der Waals surface area contributed by atoms with E-state index in [1.54, 1.807) is 16.8 Å². The van der Waals surface area contributed by atoms with Crippen molar-refractivity contribution in [1.29, 1.82) is 0 Å². The smallest absolute Gasteiger partial charge is 0.181 e. The van der Waals surface area contributed by atoms with E-state index in [2.05, 4.69) is 75.4 Å². The van der Waals surface area contributed by atoms with E-state index >= 15 is 0 Å². The number of para-hydroxylation sites is 5. The monoisotopic (exact) mass is 445 g/mol. The fraction of sp³-hybridized carbons (Fsp3) is 0.0714. The standard InChI is InChI=1S/C28H23N5O/c1-20-29-28(30-33(20)26-16-7-8-17-27(26)34)21-10-9-13-23(18-21)32-19-31(22-11-3-2-4-12-22)24-14-5-6-15-25(24)32/h2-18,34H,19H2,1H3. The molecule has 0 atom stereocenters. The Labute approximate surface area is 198 Å². The van der Waals surface area contributed by atoms with Crippen LogP contribution >= 0.6 is 0 Å². The van der Waals surface area contributed by atoms with Gasteiger partial charge in [0.1, 0.15) is 23.9 Å². The second kappa shape index (κ2) is 8.08. The fourth-order valence-electron chi connectivity index (χ4n) is 4.46. The summed E-state index contributed by atoms with van der Waals surface area (Å²) in [5.41, 5.74) is 6.10. The Morgan fingerprint density at radius 3 is 2.03 bits per heavy atom. The molecule has 0 fully saturated rings. The van der Waals surface area contributed by atoms with Gasteiger partial charge in [0.2, 0.25) is 0 Å². The minimum absolute atomic E-state index is 0.172. The van der Waals surface area contributed by atoms with Gasteiger partial charge in [-0.3, -0.25) is 0 Å². The maximum absolute atomic E-state index is 10.3. The van der Waals surface area contributed by atoms with E-state index in [0.29, 0.717) is 24.0 Å². The first-order chi connectivity index (χ1) is 16.7. The molecular formula is C28H23N5O. The molecule has 1 aromatic heterocycles. The average Bonchev–Trinajstić information content (AvgIpc) is 3.46. The van der Waals surface area contributed by atoms with Crippen LogP contribution in [0.2, 0.25) is 0 Å². The zero-order chi connectivity index (χ0) is 23.1. The predicted molar refractivity (Wildman–Crippen MR) is 135 cm³/mol. The molecule has 0 radical (unpaired) electrons. The Hall–Kier alpha value is -4.58. The molecule has 0 amide bonds. The van der Waals surface area contributed by atoms with Gasteiger partial charge in [-0.1, -0.05) is 54.6 Å². The van der Waals surface area contributed by atoms with Crippen molar-refractivity contribution >= 4 is 22.7 Å². The molecule has 1 aliphatic rings. The first-order valence-electron chi connectivity index (χ1n) is 11.2. The van der Waals surface area contributed by atoms with Crippen LogP contribution in [0.4, 0.5) is 22.7 Å². The third-order valence-corrected chi connectivity index (χ3v) is 6.11. The maximum atomic E-state index is 10.3. The Bertz CT molecular complexity index is 1480. The number of aromatic hydroxyl groups is 1. The van der Waals surface area contributed by atoms with Crippen LogP contribution in [0.15, 0.2) is 103 Å². The largest absolute Gasteiger partial charge is 0.506 e. The van der Waals surface area contributed by atoms with Crippen molar-refractivity contribution < 1.29 is 5.11 Å². The lowest BCUT2D eigenvalue weighted by atomic mass is 10.1. The predicted octanol–water partition coefficient (Wildman–Crippen LogP) is 6.20. The summed E-state index contributed by atoms with van der Waals surface area (Å²) in [6, 6.07) is 34.3. The van der Waals surface area contributed by atoms with Crippen LogP contribution in [0.25, 0.3) is 17.1 Å². The van der Waals surface area contributed by atoms with E-state index in [1.807, 2.05) is 37.3 Å². The van der Waals surface area contributed by atoms with Crippen LogP contribution in [-0.2, 0) is 0 Å².